The van der Waals surface area contributed by atoms with Crippen LogP contribution in [0.15, 0.2) is 24.3 Å². The molecule has 108 valence electrons. The zero-order valence-electron chi connectivity index (χ0n) is 12.7. The number of anilines is 2. The largest absolute Gasteiger partial charge is 0.356 e. The van der Waals surface area contributed by atoms with Crippen LogP contribution in [0.4, 0.5) is 11.8 Å². The second-order valence-electron chi connectivity index (χ2n) is 4.84. The first kappa shape index (κ1) is 14.6. The minimum atomic E-state index is 0.735. The van der Waals surface area contributed by atoms with Crippen molar-refractivity contribution in [3.63, 3.8) is 0 Å². The number of aromatic nitrogens is 2. The van der Waals surface area contributed by atoms with Crippen molar-refractivity contribution in [2.24, 2.45) is 0 Å². The van der Waals surface area contributed by atoms with Crippen molar-refractivity contribution in [1.29, 1.82) is 0 Å². The average molecular weight is 272 g/mol. The van der Waals surface area contributed by atoms with E-state index in [1.807, 2.05) is 12.1 Å². The predicted molar refractivity (Wildman–Crippen MR) is 86.5 cm³/mol. The number of rotatable bonds is 7. The third kappa shape index (κ3) is 3.18. The number of fused-ring (bicyclic) bond motifs is 1. The van der Waals surface area contributed by atoms with Crippen LogP contribution in [0.2, 0.25) is 0 Å². The van der Waals surface area contributed by atoms with Crippen LogP contribution in [0.25, 0.3) is 10.9 Å². The lowest BCUT2D eigenvalue weighted by molar-refractivity contribution is 0.821. The summed E-state index contributed by atoms with van der Waals surface area (Å²) in [5.74, 6) is 1.76. The highest BCUT2D eigenvalue weighted by Gasteiger charge is 2.11. The Labute approximate surface area is 121 Å². The molecular formula is C16H24N4. The molecule has 0 aliphatic carbocycles. The number of hydrogen-bond acceptors (Lipinski definition) is 4. The first-order chi connectivity index (χ1) is 9.80. The van der Waals surface area contributed by atoms with Gasteiger partial charge in [0, 0.05) is 25.0 Å². The molecule has 0 saturated heterocycles. The van der Waals surface area contributed by atoms with Gasteiger partial charge < -0.3 is 10.2 Å². The summed E-state index contributed by atoms with van der Waals surface area (Å²) in [4.78, 5) is 11.6. The predicted octanol–water partition coefficient (Wildman–Crippen LogP) is 3.69. The van der Waals surface area contributed by atoms with E-state index < -0.39 is 0 Å². The minimum Gasteiger partial charge on any atom is -0.356 e. The molecule has 2 aromatic rings. The average Bonchev–Trinajstić information content (AvgIpc) is 2.49. The fourth-order valence-electron chi connectivity index (χ4n) is 2.28. The Hall–Kier alpha value is -1.84. The Morgan fingerprint density at radius 3 is 2.50 bits per heavy atom. The second-order valence-corrected chi connectivity index (χ2v) is 4.84. The molecule has 1 aromatic carbocycles. The summed E-state index contributed by atoms with van der Waals surface area (Å²) in [6, 6.07) is 8.22. The molecule has 0 atom stereocenters. The SMILES string of the molecule is CCCCNc1nc(N(CC)CC)c2ccccc2n1. The standard InChI is InChI=1S/C16H24N4/c1-4-7-12-17-16-18-14-11-9-8-10-13(14)15(19-16)20(5-2)6-3/h8-11H,4-7,12H2,1-3H3,(H,17,18,19). The van der Waals surface area contributed by atoms with Crippen molar-refractivity contribution >= 4 is 22.7 Å². The van der Waals surface area contributed by atoms with Crippen molar-refractivity contribution in [1.82, 2.24) is 9.97 Å². The molecule has 0 aliphatic heterocycles. The minimum absolute atomic E-state index is 0.735. The quantitative estimate of drug-likeness (QED) is 0.780. The molecule has 0 amide bonds. The fraction of sp³-hybridized carbons (Fsp3) is 0.500. The number of para-hydroxylation sites is 1. The molecule has 0 unspecified atom stereocenters. The first-order valence-corrected chi connectivity index (χ1v) is 7.55. The smallest absolute Gasteiger partial charge is 0.225 e. The van der Waals surface area contributed by atoms with E-state index in [9.17, 15) is 0 Å². The van der Waals surface area contributed by atoms with Crippen LogP contribution in [0.5, 0.6) is 0 Å². The summed E-state index contributed by atoms with van der Waals surface area (Å²) in [7, 11) is 0. The van der Waals surface area contributed by atoms with Gasteiger partial charge in [-0.1, -0.05) is 25.5 Å². The lowest BCUT2D eigenvalue weighted by Gasteiger charge is -2.22. The maximum atomic E-state index is 4.72. The van der Waals surface area contributed by atoms with Gasteiger partial charge in [0.1, 0.15) is 5.82 Å². The van der Waals surface area contributed by atoms with E-state index in [4.69, 9.17) is 4.98 Å². The van der Waals surface area contributed by atoms with Crippen LogP contribution in [-0.4, -0.2) is 29.6 Å². The van der Waals surface area contributed by atoms with E-state index in [2.05, 4.69) is 48.1 Å². The van der Waals surface area contributed by atoms with E-state index in [1.54, 1.807) is 0 Å². The molecule has 0 fully saturated rings. The van der Waals surface area contributed by atoms with Crippen LogP contribution >= 0.6 is 0 Å². The van der Waals surface area contributed by atoms with E-state index >= 15 is 0 Å². The Balaban J connectivity index is 2.41. The molecule has 4 heteroatoms. The van der Waals surface area contributed by atoms with E-state index in [1.165, 1.54) is 6.42 Å². The molecule has 1 N–H and O–H groups in total. The Morgan fingerprint density at radius 2 is 1.80 bits per heavy atom. The summed E-state index contributed by atoms with van der Waals surface area (Å²) in [6.45, 7) is 9.32. The van der Waals surface area contributed by atoms with Crippen molar-refractivity contribution < 1.29 is 0 Å². The molecule has 0 radical (unpaired) electrons. The zero-order chi connectivity index (χ0) is 14.4. The van der Waals surface area contributed by atoms with Crippen LogP contribution in [-0.2, 0) is 0 Å². The first-order valence-electron chi connectivity index (χ1n) is 7.55. The molecule has 0 aliphatic rings. The van der Waals surface area contributed by atoms with Crippen molar-refractivity contribution in [3.05, 3.63) is 24.3 Å². The van der Waals surface area contributed by atoms with E-state index in [0.29, 0.717) is 0 Å². The van der Waals surface area contributed by atoms with Gasteiger partial charge in [0.05, 0.1) is 5.52 Å². The fourth-order valence-corrected chi connectivity index (χ4v) is 2.28. The molecule has 20 heavy (non-hydrogen) atoms. The maximum absolute atomic E-state index is 4.72. The molecule has 1 aromatic heterocycles. The topological polar surface area (TPSA) is 41.1 Å². The summed E-state index contributed by atoms with van der Waals surface area (Å²) >= 11 is 0. The van der Waals surface area contributed by atoms with Crippen molar-refractivity contribution in [3.8, 4) is 0 Å². The second kappa shape index (κ2) is 7.08. The van der Waals surface area contributed by atoms with Gasteiger partial charge in [-0.3, -0.25) is 0 Å². The molecule has 0 spiro atoms. The van der Waals surface area contributed by atoms with Gasteiger partial charge in [0.25, 0.3) is 0 Å². The van der Waals surface area contributed by atoms with E-state index in [-0.39, 0.29) is 0 Å². The number of nitrogens with one attached hydrogen (secondary N) is 1. The van der Waals surface area contributed by atoms with Crippen molar-refractivity contribution in [2.45, 2.75) is 33.6 Å². The summed E-state index contributed by atoms with van der Waals surface area (Å²) < 4.78 is 0. The summed E-state index contributed by atoms with van der Waals surface area (Å²) in [6.07, 6.45) is 2.31. The third-order valence-corrected chi connectivity index (χ3v) is 3.46. The molecule has 4 nitrogen and oxygen atoms in total. The van der Waals surface area contributed by atoms with Crippen LogP contribution in [0.1, 0.15) is 33.6 Å². The highest BCUT2D eigenvalue weighted by atomic mass is 15.2. The van der Waals surface area contributed by atoms with Gasteiger partial charge in [-0.05, 0) is 32.4 Å². The highest BCUT2D eigenvalue weighted by Crippen LogP contribution is 2.25. The van der Waals surface area contributed by atoms with Gasteiger partial charge in [0.15, 0.2) is 0 Å². The number of benzene rings is 1. The Bertz CT molecular complexity index is 549. The zero-order valence-corrected chi connectivity index (χ0v) is 12.7. The maximum Gasteiger partial charge on any atom is 0.225 e. The Kier molecular flexibility index (Phi) is 5.16. The van der Waals surface area contributed by atoms with Gasteiger partial charge in [-0.2, -0.15) is 4.98 Å². The number of nitrogens with zero attached hydrogens (tertiary/aromatic N) is 3. The molecule has 1 heterocycles. The van der Waals surface area contributed by atoms with E-state index in [0.717, 1.165) is 48.7 Å². The normalized spacial score (nSPS) is 10.8. The van der Waals surface area contributed by atoms with Gasteiger partial charge >= 0.3 is 0 Å². The number of hydrogen-bond donors (Lipinski definition) is 1. The lowest BCUT2D eigenvalue weighted by Crippen LogP contribution is -2.24. The summed E-state index contributed by atoms with van der Waals surface area (Å²) in [5.41, 5.74) is 1.00. The van der Waals surface area contributed by atoms with Gasteiger partial charge in [0.2, 0.25) is 5.95 Å². The van der Waals surface area contributed by atoms with Crippen LogP contribution in [0, 0.1) is 0 Å². The highest BCUT2D eigenvalue weighted by molar-refractivity contribution is 5.90. The lowest BCUT2D eigenvalue weighted by atomic mass is 10.2. The van der Waals surface area contributed by atoms with Crippen LogP contribution < -0.4 is 10.2 Å². The van der Waals surface area contributed by atoms with Crippen molar-refractivity contribution in [2.75, 3.05) is 29.9 Å². The molecular weight excluding hydrogens is 248 g/mol. The molecule has 0 saturated carbocycles. The molecule has 2 rings (SSSR count). The Morgan fingerprint density at radius 1 is 1.05 bits per heavy atom. The summed E-state index contributed by atoms with van der Waals surface area (Å²) in [5, 5.41) is 4.45. The van der Waals surface area contributed by atoms with Gasteiger partial charge in [-0.15, -0.1) is 0 Å². The monoisotopic (exact) mass is 272 g/mol. The number of unbranched alkanes of at least 4 members (excludes halogenated alkanes) is 1. The molecule has 0 bridgehead atoms. The van der Waals surface area contributed by atoms with Gasteiger partial charge in [-0.25, -0.2) is 4.98 Å². The van der Waals surface area contributed by atoms with Crippen LogP contribution in [0.3, 0.4) is 0 Å². The third-order valence-electron chi connectivity index (χ3n) is 3.46.